The zero-order valence-electron chi connectivity index (χ0n) is 11.6. The van der Waals surface area contributed by atoms with Crippen molar-refractivity contribution in [3.8, 4) is 0 Å². The predicted molar refractivity (Wildman–Crippen MR) is 70.7 cm³/mol. The van der Waals surface area contributed by atoms with Gasteiger partial charge in [-0.25, -0.2) is 0 Å². The Bertz CT molecular complexity index is 329. The molecular formula is C13H23N3O3. The fourth-order valence-electron chi connectivity index (χ4n) is 2.69. The van der Waals surface area contributed by atoms with Gasteiger partial charge in [0, 0.05) is 32.6 Å². The summed E-state index contributed by atoms with van der Waals surface area (Å²) < 4.78 is 5.26. The first kappa shape index (κ1) is 14.3. The van der Waals surface area contributed by atoms with E-state index >= 15 is 0 Å². The molecule has 1 unspecified atom stereocenters. The van der Waals surface area contributed by atoms with Crippen LogP contribution < -0.4 is 5.32 Å². The Morgan fingerprint density at radius 2 is 2.00 bits per heavy atom. The number of morpholine rings is 1. The molecule has 2 aliphatic rings. The van der Waals surface area contributed by atoms with Crippen molar-refractivity contribution in [2.45, 2.75) is 25.3 Å². The lowest BCUT2D eigenvalue weighted by Gasteiger charge is -2.32. The van der Waals surface area contributed by atoms with E-state index < -0.39 is 0 Å². The number of carbonyl (C=O) groups excluding carboxylic acids is 2. The summed E-state index contributed by atoms with van der Waals surface area (Å²) in [5.41, 5.74) is 0. The molecule has 1 N–H and O–H groups in total. The van der Waals surface area contributed by atoms with E-state index in [4.69, 9.17) is 4.74 Å². The lowest BCUT2D eigenvalue weighted by molar-refractivity contribution is -0.146. The first-order valence-corrected chi connectivity index (χ1v) is 7.04. The molecule has 0 aliphatic carbocycles. The number of hydrogen-bond donors (Lipinski definition) is 1. The zero-order chi connectivity index (χ0) is 13.7. The minimum absolute atomic E-state index is 0.0819. The van der Waals surface area contributed by atoms with Crippen molar-refractivity contribution in [1.82, 2.24) is 15.1 Å². The fourth-order valence-corrected chi connectivity index (χ4v) is 2.69. The highest BCUT2D eigenvalue weighted by Gasteiger charge is 2.36. The number of rotatable bonds is 4. The Balaban J connectivity index is 1.93. The molecule has 6 nitrogen and oxygen atoms in total. The molecule has 0 bridgehead atoms. The summed E-state index contributed by atoms with van der Waals surface area (Å²) in [5, 5.41) is 2.97. The molecule has 108 valence electrons. The quantitative estimate of drug-likeness (QED) is 0.743. The van der Waals surface area contributed by atoms with Gasteiger partial charge in [-0.05, 0) is 19.9 Å². The monoisotopic (exact) mass is 269 g/mol. The minimum atomic E-state index is -0.248. The average molecular weight is 269 g/mol. The summed E-state index contributed by atoms with van der Waals surface area (Å²) in [6, 6.07) is -0.248. The molecule has 2 aliphatic heterocycles. The van der Waals surface area contributed by atoms with E-state index in [1.807, 2.05) is 11.9 Å². The van der Waals surface area contributed by atoms with Gasteiger partial charge in [0.25, 0.3) is 0 Å². The van der Waals surface area contributed by atoms with Crippen molar-refractivity contribution in [3.63, 3.8) is 0 Å². The van der Waals surface area contributed by atoms with Gasteiger partial charge in [0.1, 0.15) is 6.04 Å². The van der Waals surface area contributed by atoms with Crippen LogP contribution in [0.25, 0.3) is 0 Å². The maximum atomic E-state index is 12.4. The number of carbonyl (C=O) groups is 2. The standard InChI is InChI=1S/C13H23N3O3/c1-14-5-4-12(17)16-6-2-3-11(16)13(18)15-7-9-19-10-8-15/h11,14H,2-10H2,1H3. The summed E-state index contributed by atoms with van der Waals surface area (Å²) >= 11 is 0. The molecule has 0 radical (unpaired) electrons. The summed E-state index contributed by atoms with van der Waals surface area (Å²) in [5.74, 6) is 0.178. The molecule has 2 rings (SSSR count). The smallest absolute Gasteiger partial charge is 0.245 e. The maximum absolute atomic E-state index is 12.4. The lowest BCUT2D eigenvalue weighted by Crippen LogP contribution is -2.51. The molecule has 6 heteroatoms. The van der Waals surface area contributed by atoms with Gasteiger partial charge in [0.05, 0.1) is 13.2 Å². The molecule has 0 aromatic rings. The SMILES string of the molecule is CNCCC(=O)N1CCCC1C(=O)N1CCOCC1. The van der Waals surface area contributed by atoms with Crippen LogP contribution in [0.2, 0.25) is 0 Å². The highest BCUT2D eigenvalue weighted by molar-refractivity contribution is 5.88. The molecule has 2 heterocycles. The van der Waals surface area contributed by atoms with Crippen molar-refractivity contribution in [1.29, 1.82) is 0 Å². The molecule has 0 aromatic heterocycles. The molecular weight excluding hydrogens is 246 g/mol. The first-order chi connectivity index (χ1) is 9.24. The van der Waals surface area contributed by atoms with Crippen LogP contribution in [0.3, 0.4) is 0 Å². The van der Waals surface area contributed by atoms with Gasteiger partial charge < -0.3 is 19.9 Å². The number of nitrogens with one attached hydrogen (secondary N) is 1. The average Bonchev–Trinajstić information content (AvgIpc) is 2.94. The van der Waals surface area contributed by atoms with E-state index in [1.54, 1.807) is 4.90 Å². The van der Waals surface area contributed by atoms with E-state index in [-0.39, 0.29) is 17.9 Å². The molecule has 1 atom stereocenters. The van der Waals surface area contributed by atoms with Crippen LogP contribution in [-0.2, 0) is 14.3 Å². The summed E-state index contributed by atoms with van der Waals surface area (Å²) in [4.78, 5) is 28.1. The second kappa shape index (κ2) is 6.86. The maximum Gasteiger partial charge on any atom is 0.245 e. The van der Waals surface area contributed by atoms with Crippen LogP contribution >= 0.6 is 0 Å². The predicted octanol–water partition coefficient (Wildman–Crippen LogP) is -0.554. The lowest BCUT2D eigenvalue weighted by atomic mass is 10.1. The van der Waals surface area contributed by atoms with Gasteiger partial charge in [0.15, 0.2) is 0 Å². The second-order valence-corrected chi connectivity index (χ2v) is 5.04. The van der Waals surface area contributed by atoms with Crippen LogP contribution in [0.15, 0.2) is 0 Å². The van der Waals surface area contributed by atoms with Crippen molar-refractivity contribution in [2.24, 2.45) is 0 Å². The normalized spacial score (nSPS) is 23.7. The molecule has 19 heavy (non-hydrogen) atoms. The number of amides is 2. The first-order valence-electron chi connectivity index (χ1n) is 7.04. The van der Waals surface area contributed by atoms with Crippen LogP contribution in [0.4, 0.5) is 0 Å². The number of hydrogen-bond acceptors (Lipinski definition) is 4. The van der Waals surface area contributed by atoms with Gasteiger partial charge in [-0.2, -0.15) is 0 Å². The van der Waals surface area contributed by atoms with Gasteiger partial charge in [-0.15, -0.1) is 0 Å². The van der Waals surface area contributed by atoms with Gasteiger partial charge in [-0.3, -0.25) is 9.59 Å². The van der Waals surface area contributed by atoms with Crippen LogP contribution in [0, 0.1) is 0 Å². The van der Waals surface area contributed by atoms with Gasteiger partial charge in [-0.1, -0.05) is 0 Å². The van der Waals surface area contributed by atoms with E-state index in [0.29, 0.717) is 45.8 Å². The second-order valence-electron chi connectivity index (χ2n) is 5.04. The summed E-state index contributed by atoms with van der Waals surface area (Å²) in [6.07, 6.45) is 2.18. The van der Waals surface area contributed by atoms with E-state index in [2.05, 4.69) is 5.32 Å². The topological polar surface area (TPSA) is 61.9 Å². The third-order valence-electron chi connectivity index (χ3n) is 3.77. The molecule has 2 fully saturated rings. The van der Waals surface area contributed by atoms with Crippen molar-refractivity contribution in [2.75, 3.05) is 46.4 Å². The number of likely N-dealkylation sites (tertiary alicyclic amines) is 1. The van der Waals surface area contributed by atoms with Crippen LogP contribution in [-0.4, -0.2) is 74.1 Å². The number of ether oxygens (including phenoxy) is 1. The highest BCUT2D eigenvalue weighted by atomic mass is 16.5. The zero-order valence-corrected chi connectivity index (χ0v) is 11.6. The number of nitrogens with zero attached hydrogens (tertiary/aromatic N) is 2. The van der Waals surface area contributed by atoms with E-state index in [1.165, 1.54) is 0 Å². The Labute approximate surface area is 114 Å². The van der Waals surface area contributed by atoms with Crippen LogP contribution in [0.1, 0.15) is 19.3 Å². The van der Waals surface area contributed by atoms with E-state index in [9.17, 15) is 9.59 Å². The minimum Gasteiger partial charge on any atom is -0.378 e. The Morgan fingerprint density at radius 1 is 1.26 bits per heavy atom. The van der Waals surface area contributed by atoms with E-state index in [0.717, 1.165) is 12.8 Å². The Hall–Kier alpha value is -1.14. The van der Waals surface area contributed by atoms with Crippen molar-refractivity contribution >= 4 is 11.8 Å². The Morgan fingerprint density at radius 3 is 2.68 bits per heavy atom. The largest absolute Gasteiger partial charge is 0.378 e. The Kier molecular flexibility index (Phi) is 5.15. The fraction of sp³-hybridized carbons (Fsp3) is 0.846. The van der Waals surface area contributed by atoms with Crippen molar-refractivity contribution < 1.29 is 14.3 Å². The summed E-state index contributed by atoms with van der Waals surface area (Å²) in [6.45, 7) is 3.87. The van der Waals surface area contributed by atoms with Crippen molar-refractivity contribution in [3.05, 3.63) is 0 Å². The third-order valence-corrected chi connectivity index (χ3v) is 3.77. The molecule has 2 saturated heterocycles. The molecule has 2 amide bonds. The molecule has 0 saturated carbocycles. The van der Waals surface area contributed by atoms with Gasteiger partial charge >= 0.3 is 0 Å². The van der Waals surface area contributed by atoms with Gasteiger partial charge in [0.2, 0.25) is 11.8 Å². The molecule has 0 spiro atoms. The van der Waals surface area contributed by atoms with Crippen LogP contribution in [0.5, 0.6) is 0 Å². The third kappa shape index (κ3) is 3.45. The summed E-state index contributed by atoms with van der Waals surface area (Å²) in [7, 11) is 1.83. The molecule has 0 aromatic carbocycles. The highest BCUT2D eigenvalue weighted by Crippen LogP contribution is 2.20.